The summed E-state index contributed by atoms with van der Waals surface area (Å²) in [4.78, 5) is 16.0. The summed E-state index contributed by atoms with van der Waals surface area (Å²) in [5, 5.41) is 6.75. The molecule has 21 heavy (non-hydrogen) atoms. The highest BCUT2D eigenvalue weighted by molar-refractivity contribution is 7.22. The lowest BCUT2D eigenvalue weighted by molar-refractivity contribution is -0.121. The summed E-state index contributed by atoms with van der Waals surface area (Å²) in [6.45, 7) is 1.62. The van der Waals surface area contributed by atoms with E-state index < -0.39 is 0 Å². The monoisotopic (exact) mass is 309 g/mol. The van der Waals surface area contributed by atoms with E-state index >= 15 is 0 Å². The highest BCUT2D eigenvalue weighted by Gasteiger charge is 2.06. The summed E-state index contributed by atoms with van der Waals surface area (Å²) in [5.74, 6) is 0.817. The Balaban J connectivity index is 1.82. The molecule has 0 aliphatic heterocycles. The van der Waals surface area contributed by atoms with E-state index in [0.717, 1.165) is 21.1 Å². The molecule has 0 aliphatic rings. The quantitative estimate of drug-likeness (QED) is 0.728. The van der Waals surface area contributed by atoms with E-state index in [1.807, 2.05) is 18.2 Å². The highest BCUT2D eigenvalue weighted by Crippen LogP contribution is 2.28. The molecule has 1 heterocycles. The molecule has 0 saturated carbocycles. The van der Waals surface area contributed by atoms with Crippen LogP contribution in [0.1, 0.15) is 6.42 Å². The molecule has 1 aromatic carbocycles. The van der Waals surface area contributed by atoms with Gasteiger partial charge >= 0.3 is 0 Å². The smallest absolute Gasteiger partial charge is 0.221 e. The summed E-state index contributed by atoms with van der Waals surface area (Å²) in [7, 11) is 3.25. The number of amides is 1. The van der Waals surface area contributed by atoms with Gasteiger partial charge in [-0.1, -0.05) is 11.3 Å². The molecule has 0 unspecified atom stereocenters. The van der Waals surface area contributed by atoms with Gasteiger partial charge in [0.25, 0.3) is 0 Å². The molecule has 0 saturated heterocycles. The third-order valence-corrected chi connectivity index (χ3v) is 3.83. The molecule has 7 heteroatoms. The van der Waals surface area contributed by atoms with Crippen molar-refractivity contribution in [2.24, 2.45) is 0 Å². The zero-order valence-corrected chi connectivity index (χ0v) is 13.0. The molecule has 2 N–H and O–H groups in total. The number of thiazole rings is 1. The van der Waals surface area contributed by atoms with Crippen LogP contribution in [0.25, 0.3) is 10.2 Å². The van der Waals surface area contributed by atoms with Crippen molar-refractivity contribution in [3.05, 3.63) is 18.2 Å². The van der Waals surface area contributed by atoms with Crippen molar-refractivity contribution in [3.8, 4) is 5.75 Å². The van der Waals surface area contributed by atoms with Gasteiger partial charge in [-0.25, -0.2) is 4.98 Å². The topological polar surface area (TPSA) is 72.5 Å². The first-order chi connectivity index (χ1) is 10.2. The molecular formula is C14H19N3O3S. The summed E-state index contributed by atoms with van der Waals surface area (Å²) in [6, 6.07) is 5.76. The van der Waals surface area contributed by atoms with E-state index in [1.165, 1.54) is 0 Å². The van der Waals surface area contributed by atoms with Crippen molar-refractivity contribution in [1.82, 2.24) is 10.3 Å². The molecule has 0 fully saturated rings. The van der Waals surface area contributed by atoms with Gasteiger partial charge in [0.05, 0.1) is 23.9 Å². The van der Waals surface area contributed by atoms with E-state index in [0.29, 0.717) is 26.1 Å². The van der Waals surface area contributed by atoms with Gasteiger partial charge in [0.1, 0.15) is 5.75 Å². The Labute approximate surface area is 127 Å². The summed E-state index contributed by atoms with van der Waals surface area (Å²) in [6.07, 6.45) is 0.406. The van der Waals surface area contributed by atoms with Crippen molar-refractivity contribution >= 4 is 32.6 Å². The second-order valence-electron chi connectivity index (χ2n) is 4.37. The zero-order chi connectivity index (χ0) is 15.1. The first-order valence-electron chi connectivity index (χ1n) is 6.67. The number of hydrogen-bond donors (Lipinski definition) is 2. The molecule has 114 valence electrons. The Bertz CT molecular complexity index is 600. The van der Waals surface area contributed by atoms with Crippen LogP contribution in [0.2, 0.25) is 0 Å². The summed E-state index contributed by atoms with van der Waals surface area (Å²) in [5.41, 5.74) is 0.924. The number of aromatic nitrogens is 1. The third-order valence-electron chi connectivity index (χ3n) is 2.85. The maximum atomic E-state index is 11.5. The number of fused-ring (bicyclic) bond motifs is 1. The largest absolute Gasteiger partial charge is 0.497 e. The van der Waals surface area contributed by atoms with Gasteiger partial charge in [-0.2, -0.15) is 0 Å². The second kappa shape index (κ2) is 7.80. The van der Waals surface area contributed by atoms with Gasteiger partial charge in [0, 0.05) is 26.6 Å². The minimum atomic E-state index is 0.00216. The Kier molecular flexibility index (Phi) is 5.77. The summed E-state index contributed by atoms with van der Waals surface area (Å²) >= 11 is 1.55. The van der Waals surface area contributed by atoms with Crippen molar-refractivity contribution in [2.45, 2.75) is 6.42 Å². The lowest BCUT2D eigenvalue weighted by Gasteiger charge is -2.04. The normalized spacial score (nSPS) is 10.6. The Morgan fingerprint density at radius 3 is 2.95 bits per heavy atom. The van der Waals surface area contributed by atoms with E-state index in [1.54, 1.807) is 25.6 Å². The number of nitrogens with one attached hydrogen (secondary N) is 2. The van der Waals surface area contributed by atoms with E-state index in [4.69, 9.17) is 9.47 Å². The number of hydrogen-bond acceptors (Lipinski definition) is 6. The van der Waals surface area contributed by atoms with Gasteiger partial charge < -0.3 is 20.1 Å². The minimum absolute atomic E-state index is 0.00216. The van der Waals surface area contributed by atoms with Crippen LogP contribution in [0.3, 0.4) is 0 Å². The fraction of sp³-hybridized carbons (Fsp3) is 0.429. The standard InChI is InChI=1S/C14H19N3O3S/c1-19-8-7-15-13(18)5-6-16-14-17-11-4-3-10(20-2)9-12(11)21-14/h3-4,9H,5-8H2,1-2H3,(H,15,18)(H,16,17). The van der Waals surface area contributed by atoms with Gasteiger partial charge in [-0.3, -0.25) is 4.79 Å². The molecule has 0 spiro atoms. The number of benzene rings is 1. The molecule has 2 aromatic rings. The van der Waals surface area contributed by atoms with Gasteiger partial charge in [0.15, 0.2) is 5.13 Å². The fourth-order valence-corrected chi connectivity index (χ4v) is 2.69. The van der Waals surface area contributed by atoms with Crippen molar-refractivity contribution in [3.63, 3.8) is 0 Å². The molecule has 0 atom stereocenters. The molecule has 2 rings (SSSR count). The Morgan fingerprint density at radius 1 is 1.33 bits per heavy atom. The molecule has 1 aromatic heterocycles. The van der Waals surface area contributed by atoms with E-state index in [2.05, 4.69) is 15.6 Å². The lowest BCUT2D eigenvalue weighted by atomic mass is 10.3. The highest BCUT2D eigenvalue weighted by atomic mass is 32.1. The summed E-state index contributed by atoms with van der Waals surface area (Å²) < 4.78 is 11.1. The van der Waals surface area contributed by atoms with E-state index in [9.17, 15) is 4.79 Å². The van der Waals surface area contributed by atoms with Gasteiger partial charge in [-0.15, -0.1) is 0 Å². The van der Waals surface area contributed by atoms with Crippen LogP contribution in [0.4, 0.5) is 5.13 Å². The molecule has 0 bridgehead atoms. The van der Waals surface area contributed by atoms with Gasteiger partial charge in [-0.05, 0) is 18.2 Å². The van der Waals surface area contributed by atoms with Crippen molar-refractivity contribution in [1.29, 1.82) is 0 Å². The van der Waals surface area contributed by atoms with Crippen LogP contribution in [0.15, 0.2) is 18.2 Å². The van der Waals surface area contributed by atoms with Crippen molar-refractivity contribution in [2.75, 3.05) is 39.2 Å². The Morgan fingerprint density at radius 2 is 2.19 bits per heavy atom. The average Bonchev–Trinajstić information content (AvgIpc) is 2.89. The van der Waals surface area contributed by atoms with Crippen molar-refractivity contribution < 1.29 is 14.3 Å². The number of nitrogens with zero attached hydrogens (tertiary/aromatic N) is 1. The van der Waals surface area contributed by atoms with Crippen LogP contribution >= 0.6 is 11.3 Å². The second-order valence-corrected chi connectivity index (χ2v) is 5.40. The average molecular weight is 309 g/mol. The van der Waals surface area contributed by atoms with Crippen LogP contribution in [-0.4, -0.2) is 44.8 Å². The first kappa shape index (κ1) is 15.5. The number of methoxy groups -OCH3 is 2. The Hall–Kier alpha value is -1.86. The lowest BCUT2D eigenvalue weighted by Crippen LogP contribution is -2.28. The maximum absolute atomic E-state index is 11.5. The number of anilines is 1. The van der Waals surface area contributed by atoms with E-state index in [-0.39, 0.29) is 5.91 Å². The molecule has 0 radical (unpaired) electrons. The van der Waals surface area contributed by atoms with Crippen LogP contribution < -0.4 is 15.4 Å². The predicted molar refractivity (Wildman–Crippen MR) is 84.2 cm³/mol. The first-order valence-corrected chi connectivity index (χ1v) is 7.48. The zero-order valence-electron chi connectivity index (χ0n) is 12.1. The number of carbonyl (C=O) groups excluding carboxylic acids is 1. The van der Waals surface area contributed by atoms with Crippen LogP contribution in [0.5, 0.6) is 5.75 Å². The predicted octanol–water partition coefficient (Wildman–Crippen LogP) is 1.87. The molecule has 1 amide bonds. The molecular weight excluding hydrogens is 290 g/mol. The maximum Gasteiger partial charge on any atom is 0.221 e. The van der Waals surface area contributed by atoms with Crippen LogP contribution in [0, 0.1) is 0 Å². The number of rotatable bonds is 8. The number of carbonyl (C=O) groups is 1. The minimum Gasteiger partial charge on any atom is -0.497 e. The molecule has 0 aliphatic carbocycles. The fourth-order valence-electron chi connectivity index (χ4n) is 1.77. The molecule has 6 nitrogen and oxygen atoms in total. The third kappa shape index (κ3) is 4.57. The number of ether oxygens (including phenoxy) is 2. The van der Waals surface area contributed by atoms with Gasteiger partial charge in [0.2, 0.25) is 5.91 Å². The SMILES string of the molecule is COCCNC(=O)CCNc1nc2ccc(OC)cc2s1. The van der Waals surface area contributed by atoms with Crippen LogP contribution in [-0.2, 0) is 9.53 Å².